The average Bonchev–Trinajstić information content (AvgIpc) is 2.90. The number of rotatable bonds is 6. The van der Waals surface area contributed by atoms with E-state index < -0.39 is 5.97 Å². The topological polar surface area (TPSA) is 60.9 Å². The van der Waals surface area contributed by atoms with Crippen molar-refractivity contribution in [3.8, 4) is 0 Å². The summed E-state index contributed by atoms with van der Waals surface area (Å²) in [6.45, 7) is 2.56. The van der Waals surface area contributed by atoms with Crippen LogP contribution in [-0.2, 0) is 9.59 Å². The Morgan fingerprint density at radius 3 is 2.54 bits per heavy atom. The van der Waals surface area contributed by atoms with E-state index in [1.54, 1.807) is 0 Å². The van der Waals surface area contributed by atoms with Gasteiger partial charge in [-0.05, 0) is 49.5 Å². The summed E-state index contributed by atoms with van der Waals surface area (Å²) in [6, 6.07) is 8.26. The number of piperidine rings is 1. The third kappa shape index (κ3) is 4.65. The molecule has 2 fully saturated rings. The molecule has 0 atom stereocenters. The highest BCUT2D eigenvalue weighted by molar-refractivity contribution is 8.26. The van der Waals surface area contributed by atoms with Gasteiger partial charge >= 0.3 is 5.97 Å². The average molecular weight is 391 g/mol. The van der Waals surface area contributed by atoms with E-state index in [1.807, 2.05) is 18.2 Å². The normalized spacial score (nSPS) is 19.5. The molecule has 1 N–H and O–H groups in total. The molecule has 2 aliphatic heterocycles. The first-order valence-corrected chi connectivity index (χ1v) is 10.1. The van der Waals surface area contributed by atoms with Crippen molar-refractivity contribution in [3.63, 3.8) is 0 Å². The first-order valence-electron chi connectivity index (χ1n) is 8.87. The van der Waals surface area contributed by atoms with E-state index in [4.69, 9.17) is 17.3 Å². The molecule has 0 aliphatic carbocycles. The van der Waals surface area contributed by atoms with Crippen LogP contribution in [0.3, 0.4) is 0 Å². The first-order chi connectivity index (χ1) is 12.5. The maximum Gasteiger partial charge on any atom is 0.303 e. The third-order valence-electron chi connectivity index (χ3n) is 4.56. The summed E-state index contributed by atoms with van der Waals surface area (Å²) in [5.41, 5.74) is 2.19. The minimum atomic E-state index is -0.861. The smallest absolute Gasteiger partial charge is 0.303 e. The van der Waals surface area contributed by atoms with Crippen LogP contribution in [0.1, 0.15) is 37.7 Å². The quantitative estimate of drug-likeness (QED) is 0.590. The molecular weight excluding hydrogens is 368 g/mol. The second-order valence-corrected chi connectivity index (χ2v) is 8.15. The van der Waals surface area contributed by atoms with Crippen LogP contribution in [0.5, 0.6) is 0 Å². The van der Waals surface area contributed by atoms with Crippen LogP contribution in [0.2, 0.25) is 0 Å². The fraction of sp³-hybridized carbons (Fsp3) is 0.421. The lowest BCUT2D eigenvalue weighted by Crippen LogP contribution is -2.29. The van der Waals surface area contributed by atoms with Crippen molar-refractivity contribution in [1.29, 1.82) is 0 Å². The lowest BCUT2D eigenvalue weighted by atomic mass is 10.1. The summed E-state index contributed by atoms with van der Waals surface area (Å²) < 4.78 is 0.497. The van der Waals surface area contributed by atoms with Crippen LogP contribution >= 0.6 is 24.0 Å². The summed E-state index contributed by atoms with van der Waals surface area (Å²) in [7, 11) is 0. The van der Waals surface area contributed by atoms with Crippen molar-refractivity contribution < 1.29 is 14.7 Å². The molecule has 7 heteroatoms. The van der Waals surface area contributed by atoms with Gasteiger partial charge in [-0.15, -0.1) is 0 Å². The molecule has 3 rings (SSSR count). The standard InChI is InChI=1S/C19H22N2O3S2/c22-17(23)5-4-12-21-18(24)16(26-19(21)25)13-14-6-8-15(9-7-14)20-10-2-1-3-11-20/h6-9,13H,1-5,10-12H2,(H,22,23)/b16-13-. The van der Waals surface area contributed by atoms with Gasteiger partial charge in [-0.2, -0.15) is 0 Å². The van der Waals surface area contributed by atoms with Gasteiger partial charge in [0.2, 0.25) is 0 Å². The summed E-state index contributed by atoms with van der Waals surface area (Å²) >= 11 is 6.55. The Kier molecular flexibility index (Phi) is 6.32. The van der Waals surface area contributed by atoms with Crippen molar-refractivity contribution in [1.82, 2.24) is 4.90 Å². The number of carboxylic acid groups (broad SMARTS) is 1. The van der Waals surface area contributed by atoms with Gasteiger partial charge in [0.1, 0.15) is 4.32 Å². The minimum Gasteiger partial charge on any atom is -0.481 e. The van der Waals surface area contributed by atoms with E-state index >= 15 is 0 Å². The molecule has 0 unspecified atom stereocenters. The zero-order valence-corrected chi connectivity index (χ0v) is 16.2. The number of hydrogen-bond acceptors (Lipinski definition) is 5. The van der Waals surface area contributed by atoms with E-state index in [9.17, 15) is 9.59 Å². The second-order valence-electron chi connectivity index (χ2n) is 6.47. The van der Waals surface area contributed by atoms with Gasteiger partial charge in [0.05, 0.1) is 4.91 Å². The molecule has 26 heavy (non-hydrogen) atoms. The van der Waals surface area contributed by atoms with Crippen molar-refractivity contribution in [2.75, 3.05) is 24.5 Å². The van der Waals surface area contributed by atoms with E-state index in [-0.39, 0.29) is 12.3 Å². The molecule has 138 valence electrons. The predicted molar refractivity (Wildman–Crippen MR) is 109 cm³/mol. The first kappa shape index (κ1) is 18.9. The molecule has 1 amide bonds. The number of hydrogen-bond donors (Lipinski definition) is 1. The van der Waals surface area contributed by atoms with Gasteiger partial charge in [-0.25, -0.2) is 0 Å². The Morgan fingerprint density at radius 1 is 1.19 bits per heavy atom. The van der Waals surface area contributed by atoms with E-state index in [0.717, 1.165) is 18.7 Å². The lowest BCUT2D eigenvalue weighted by molar-refractivity contribution is -0.137. The number of benzene rings is 1. The Balaban J connectivity index is 1.64. The largest absolute Gasteiger partial charge is 0.481 e. The predicted octanol–water partition coefficient (Wildman–Crippen LogP) is 3.74. The van der Waals surface area contributed by atoms with Crippen molar-refractivity contribution >= 4 is 51.9 Å². The highest BCUT2D eigenvalue weighted by Crippen LogP contribution is 2.33. The second kappa shape index (κ2) is 8.68. The molecule has 0 spiro atoms. The number of nitrogens with zero attached hydrogens (tertiary/aromatic N) is 2. The molecule has 0 saturated carbocycles. The number of amides is 1. The van der Waals surface area contributed by atoms with Crippen molar-refractivity contribution in [3.05, 3.63) is 34.7 Å². The van der Waals surface area contributed by atoms with Crippen LogP contribution in [0.15, 0.2) is 29.2 Å². The van der Waals surface area contributed by atoms with Crippen molar-refractivity contribution in [2.45, 2.75) is 32.1 Å². The van der Waals surface area contributed by atoms with Crippen LogP contribution in [0.4, 0.5) is 5.69 Å². The van der Waals surface area contributed by atoms with Crippen LogP contribution in [0, 0.1) is 0 Å². The maximum atomic E-state index is 12.5. The SMILES string of the molecule is O=C(O)CCCN1C(=O)/C(=C/c2ccc(N3CCCCC3)cc2)SC1=S. The van der Waals surface area contributed by atoms with E-state index in [1.165, 1.54) is 41.6 Å². The zero-order valence-electron chi connectivity index (χ0n) is 14.5. The molecule has 2 aliphatic rings. The number of carboxylic acids is 1. The summed E-state index contributed by atoms with van der Waals surface area (Å²) in [6.07, 6.45) is 6.09. The molecule has 0 aromatic heterocycles. The van der Waals surface area contributed by atoms with Crippen LogP contribution < -0.4 is 4.90 Å². The molecule has 2 saturated heterocycles. The number of carbonyl (C=O) groups excluding carboxylic acids is 1. The summed E-state index contributed by atoms with van der Waals surface area (Å²) in [5.74, 6) is -0.995. The van der Waals surface area contributed by atoms with Gasteiger partial charge in [0.25, 0.3) is 5.91 Å². The van der Waals surface area contributed by atoms with Gasteiger partial charge in [0.15, 0.2) is 0 Å². The number of thiocarbonyl (C=S) groups is 1. The molecule has 1 aromatic rings. The molecule has 5 nitrogen and oxygen atoms in total. The fourth-order valence-corrected chi connectivity index (χ4v) is 4.47. The number of thioether (sulfide) groups is 1. The van der Waals surface area contributed by atoms with Crippen LogP contribution in [-0.4, -0.2) is 45.8 Å². The van der Waals surface area contributed by atoms with E-state index in [0.29, 0.717) is 22.2 Å². The number of anilines is 1. The Hall–Kier alpha value is -1.86. The Labute approximate surface area is 163 Å². The van der Waals surface area contributed by atoms with Gasteiger partial charge in [-0.3, -0.25) is 14.5 Å². The number of aliphatic carboxylic acids is 1. The van der Waals surface area contributed by atoms with Gasteiger partial charge in [-0.1, -0.05) is 36.1 Å². The molecule has 1 aromatic carbocycles. The van der Waals surface area contributed by atoms with Gasteiger partial charge in [0, 0.05) is 31.7 Å². The molecular formula is C19H22N2O3S2. The zero-order chi connectivity index (χ0) is 18.5. The summed E-state index contributed by atoms with van der Waals surface area (Å²) in [4.78, 5) is 27.6. The Bertz CT molecular complexity index is 725. The van der Waals surface area contributed by atoms with Crippen molar-refractivity contribution in [2.24, 2.45) is 0 Å². The monoisotopic (exact) mass is 390 g/mol. The maximum absolute atomic E-state index is 12.5. The molecule has 0 bridgehead atoms. The number of carbonyl (C=O) groups is 2. The minimum absolute atomic E-state index is 0.0358. The fourth-order valence-electron chi connectivity index (χ4n) is 3.17. The lowest BCUT2D eigenvalue weighted by Gasteiger charge is -2.28. The summed E-state index contributed by atoms with van der Waals surface area (Å²) in [5, 5.41) is 8.73. The Morgan fingerprint density at radius 2 is 1.88 bits per heavy atom. The van der Waals surface area contributed by atoms with Gasteiger partial charge < -0.3 is 10.0 Å². The molecule has 0 radical (unpaired) electrons. The highest BCUT2D eigenvalue weighted by Gasteiger charge is 2.31. The highest BCUT2D eigenvalue weighted by atomic mass is 32.2. The third-order valence-corrected chi connectivity index (χ3v) is 5.94. The van der Waals surface area contributed by atoms with E-state index in [2.05, 4.69) is 17.0 Å². The van der Waals surface area contributed by atoms with Crippen LogP contribution in [0.25, 0.3) is 6.08 Å². The molecule has 2 heterocycles.